The average molecular weight is 214 g/mol. The number of rotatable bonds is 2. The van der Waals surface area contributed by atoms with Crippen LogP contribution in [0.15, 0.2) is 30.5 Å². The highest BCUT2D eigenvalue weighted by Crippen LogP contribution is 2.30. The van der Waals surface area contributed by atoms with Crippen LogP contribution in [0.5, 0.6) is 0 Å². The van der Waals surface area contributed by atoms with Crippen molar-refractivity contribution in [2.75, 3.05) is 6.54 Å². The lowest BCUT2D eigenvalue weighted by molar-refractivity contribution is 0.520. The van der Waals surface area contributed by atoms with Gasteiger partial charge in [0.05, 0.1) is 0 Å². The maximum absolute atomic E-state index is 3.60. The van der Waals surface area contributed by atoms with Crippen LogP contribution in [0.25, 0.3) is 10.9 Å². The van der Waals surface area contributed by atoms with E-state index in [1.54, 1.807) is 0 Å². The monoisotopic (exact) mass is 214 g/mol. The Kier molecular flexibility index (Phi) is 2.44. The van der Waals surface area contributed by atoms with E-state index in [0.29, 0.717) is 12.0 Å². The minimum absolute atomic E-state index is 0.596. The van der Waals surface area contributed by atoms with Gasteiger partial charge in [-0.1, -0.05) is 25.1 Å². The molecule has 0 radical (unpaired) electrons. The number of fused-ring (bicyclic) bond motifs is 1. The van der Waals surface area contributed by atoms with E-state index in [1.807, 2.05) is 0 Å². The fourth-order valence-corrected chi connectivity index (χ4v) is 2.83. The SMILES string of the molecule is C[C@H](c1c[nH]c2ccccc12)C1CCCN1. The lowest BCUT2D eigenvalue weighted by Crippen LogP contribution is -2.27. The van der Waals surface area contributed by atoms with Gasteiger partial charge in [0.15, 0.2) is 0 Å². The van der Waals surface area contributed by atoms with Gasteiger partial charge in [-0.15, -0.1) is 0 Å². The Morgan fingerprint density at radius 1 is 1.31 bits per heavy atom. The van der Waals surface area contributed by atoms with Gasteiger partial charge in [0.25, 0.3) is 0 Å². The zero-order valence-electron chi connectivity index (χ0n) is 9.66. The van der Waals surface area contributed by atoms with E-state index in [0.717, 1.165) is 0 Å². The van der Waals surface area contributed by atoms with Gasteiger partial charge < -0.3 is 10.3 Å². The Labute approximate surface area is 96.1 Å². The molecule has 0 bridgehead atoms. The smallest absolute Gasteiger partial charge is 0.0456 e. The molecule has 1 unspecified atom stereocenters. The highest BCUT2D eigenvalue weighted by Gasteiger charge is 2.23. The second-order valence-corrected chi connectivity index (χ2v) is 4.78. The fourth-order valence-electron chi connectivity index (χ4n) is 2.83. The average Bonchev–Trinajstić information content (AvgIpc) is 2.98. The van der Waals surface area contributed by atoms with Gasteiger partial charge in [-0.05, 0) is 36.9 Å². The molecule has 84 valence electrons. The Morgan fingerprint density at radius 2 is 2.19 bits per heavy atom. The largest absolute Gasteiger partial charge is 0.361 e. The first-order valence-corrected chi connectivity index (χ1v) is 6.15. The molecule has 2 atom stereocenters. The standard InChI is InChI=1S/C14H18N2/c1-10(13-7-4-8-15-13)12-9-16-14-6-3-2-5-11(12)14/h2-3,5-6,9-10,13,15-16H,4,7-8H2,1H3/t10-,13?/m1/s1. The summed E-state index contributed by atoms with van der Waals surface area (Å²) in [6.07, 6.45) is 4.80. The molecule has 0 saturated carbocycles. The van der Waals surface area contributed by atoms with E-state index < -0.39 is 0 Å². The highest BCUT2D eigenvalue weighted by molar-refractivity contribution is 5.83. The van der Waals surface area contributed by atoms with Gasteiger partial charge in [0, 0.05) is 23.1 Å². The predicted molar refractivity (Wildman–Crippen MR) is 67.7 cm³/mol. The minimum atomic E-state index is 0.596. The predicted octanol–water partition coefficient (Wildman–Crippen LogP) is 3.02. The zero-order valence-corrected chi connectivity index (χ0v) is 9.66. The molecular weight excluding hydrogens is 196 g/mol. The first-order chi connectivity index (χ1) is 7.86. The van der Waals surface area contributed by atoms with Crippen molar-refractivity contribution >= 4 is 10.9 Å². The first kappa shape index (κ1) is 9.91. The lowest BCUT2D eigenvalue weighted by atomic mass is 9.92. The molecular formula is C14H18N2. The van der Waals surface area contributed by atoms with Crippen LogP contribution < -0.4 is 5.32 Å². The molecule has 0 spiro atoms. The van der Waals surface area contributed by atoms with Crippen molar-refractivity contribution in [2.45, 2.75) is 31.7 Å². The molecule has 1 fully saturated rings. The van der Waals surface area contributed by atoms with Crippen molar-refractivity contribution in [1.29, 1.82) is 0 Å². The van der Waals surface area contributed by atoms with E-state index >= 15 is 0 Å². The third kappa shape index (κ3) is 1.54. The summed E-state index contributed by atoms with van der Waals surface area (Å²) in [5.74, 6) is 0.596. The molecule has 2 nitrogen and oxygen atoms in total. The van der Waals surface area contributed by atoms with Crippen LogP contribution in [0.3, 0.4) is 0 Å². The van der Waals surface area contributed by atoms with E-state index in [9.17, 15) is 0 Å². The van der Waals surface area contributed by atoms with Crippen LogP contribution >= 0.6 is 0 Å². The van der Waals surface area contributed by atoms with Crippen molar-refractivity contribution < 1.29 is 0 Å². The number of hydrogen-bond acceptors (Lipinski definition) is 1. The fraction of sp³-hybridized carbons (Fsp3) is 0.429. The zero-order chi connectivity index (χ0) is 11.0. The lowest BCUT2D eigenvalue weighted by Gasteiger charge is -2.18. The number of para-hydroxylation sites is 1. The molecule has 1 saturated heterocycles. The van der Waals surface area contributed by atoms with Crippen molar-refractivity contribution in [1.82, 2.24) is 10.3 Å². The van der Waals surface area contributed by atoms with E-state index in [2.05, 4.69) is 47.7 Å². The second-order valence-electron chi connectivity index (χ2n) is 4.78. The van der Waals surface area contributed by atoms with Gasteiger partial charge in [0.2, 0.25) is 0 Å². The normalized spacial score (nSPS) is 22.7. The molecule has 2 N–H and O–H groups in total. The summed E-state index contributed by atoms with van der Waals surface area (Å²) in [7, 11) is 0. The molecule has 2 heteroatoms. The molecule has 1 aromatic carbocycles. The number of benzene rings is 1. The van der Waals surface area contributed by atoms with Crippen molar-refractivity contribution in [2.24, 2.45) is 0 Å². The van der Waals surface area contributed by atoms with Crippen molar-refractivity contribution in [3.8, 4) is 0 Å². The third-order valence-electron chi connectivity index (χ3n) is 3.81. The summed E-state index contributed by atoms with van der Waals surface area (Å²) in [5.41, 5.74) is 2.71. The molecule has 0 amide bonds. The number of hydrogen-bond donors (Lipinski definition) is 2. The maximum Gasteiger partial charge on any atom is 0.0456 e. The van der Waals surface area contributed by atoms with Gasteiger partial charge >= 0.3 is 0 Å². The van der Waals surface area contributed by atoms with Crippen LogP contribution in [0.1, 0.15) is 31.2 Å². The number of nitrogens with one attached hydrogen (secondary N) is 2. The Morgan fingerprint density at radius 3 is 3.00 bits per heavy atom. The van der Waals surface area contributed by atoms with Gasteiger partial charge in [0.1, 0.15) is 0 Å². The quantitative estimate of drug-likeness (QED) is 0.790. The first-order valence-electron chi connectivity index (χ1n) is 6.15. The van der Waals surface area contributed by atoms with Crippen LogP contribution in [0.4, 0.5) is 0 Å². The van der Waals surface area contributed by atoms with Crippen molar-refractivity contribution in [3.63, 3.8) is 0 Å². The Hall–Kier alpha value is -1.28. The molecule has 1 aliphatic heterocycles. The molecule has 1 aromatic heterocycles. The summed E-state index contributed by atoms with van der Waals surface area (Å²) in [5, 5.41) is 4.97. The summed E-state index contributed by atoms with van der Waals surface area (Å²) in [6.45, 7) is 3.51. The topological polar surface area (TPSA) is 27.8 Å². The van der Waals surface area contributed by atoms with Crippen LogP contribution in [0.2, 0.25) is 0 Å². The van der Waals surface area contributed by atoms with E-state index in [1.165, 1.54) is 35.9 Å². The molecule has 2 aromatic rings. The summed E-state index contributed by atoms with van der Waals surface area (Å²) in [4.78, 5) is 3.36. The molecule has 3 rings (SSSR count). The highest BCUT2D eigenvalue weighted by atomic mass is 14.9. The number of aromatic amines is 1. The van der Waals surface area contributed by atoms with Gasteiger partial charge in [-0.25, -0.2) is 0 Å². The molecule has 2 heterocycles. The third-order valence-corrected chi connectivity index (χ3v) is 3.81. The second kappa shape index (κ2) is 3.95. The van der Waals surface area contributed by atoms with Gasteiger partial charge in [-0.3, -0.25) is 0 Å². The molecule has 0 aliphatic carbocycles. The maximum atomic E-state index is 3.60. The summed E-state index contributed by atoms with van der Waals surface area (Å²) < 4.78 is 0. The van der Waals surface area contributed by atoms with Gasteiger partial charge in [-0.2, -0.15) is 0 Å². The summed E-state index contributed by atoms with van der Waals surface area (Å²) in [6, 6.07) is 9.22. The van der Waals surface area contributed by atoms with Crippen molar-refractivity contribution in [3.05, 3.63) is 36.0 Å². The Bertz CT molecular complexity index is 480. The molecule has 16 heavy (non-hydrogen) atoms. The Balaban J connectivity index is 1.98. The van der Waals surface area contributed by atoms with E-state index in [4.69, 9.17) is 0 Å². The summed E-state index contributed by atoms with van der Waals surface area (Å²) >= 11 is 0. The van der Waals surface area contributed by atoms with Crippen LogP contribution in [-0.2, 0) is 0 Å². The number of aromatic nitrogens is 1. The van der Waals surface area contributed by atoms with E-state index in [-0.39, 0.29) is 0 Å². The minimum Gasteiger partial charge on any atom is -0.361 e. The number of H-pyrrole nitrogens is 1. The van der Waals surface area contributed by atoms with Crippen LogP contribution in [-0.4, -0.2) is 17.6 Å². The van der Waals surface area contributed by atoms with Crippen LogP contribution in [0, 0.1) is 0 Å². The molecule has 1 aliphatic rings.